The van der Waals surface area contributed by atoms with Crippen LogP contribution in [-0.2, 0) is 9.59 Å². The van der Waals surface area contributed by atoms with Crippen molar-refractivity contribution in [2.45, 2.75) is 43.1 Å². The monoisotopic (exact) mass is 329 g/mol. The molecule has 7 heteroatoms. The molecular formula is C15H14ClF2NO3. The largest absolute Gasteiger partial charge is 0.477 e. The molecule has 0 saturated heterocycles. The molecule has 118 valence electrons. The number of alkyl halides is 1. The maximum absolute atomic E-state index is 13.9. The van der Waals surface area contributed by atoms with E-state index in [4.69, 9.17) is 11.6 Å². The maximum Gasteiger partial charge on any atom is 0.341 e. The molecule has 1 N–H and O–H groups in total. The summed E-state index contributed by atoms with van der Waals surface area (Å²) in [6, 6.07) is -0.876. The summed E-state index contributed by atoms with van der Waals surface area (Å²) in [6.07, 6.45) is 4.31. The number of carboxylic acid groups (broad SMARTS) is 1. The van der Waals surface area contributed by atoms with Gasteiger partial charge in [0.15, 0.2) is 17.4 Å². The minimum atomic E-state index is -1.39. The topological polar surface area (TPSA) is 57.6 Å². The van der Waals surface area contributed by atoms with E-state index >= 15 is 0 Å². The molecule has 3 aliphatic rings. The molecule has 22 heavy (non-hydrogen) atoms. The van der Waals surface area contributed by atoms with Crippen LogP contribution in [0.2, 0.25) is 0 Å². The third kappa shape index (κ3) is 2.00. The number of carboxylic acids is 1. The van der Waals surface area contributed by atoms with Gasteiger partial charge in [-0.3, -0.25) is 4.79 Å². The predicted octanol–water partition coefficient (Wildman–Crippen LogP) is 2.85. The second-order valence-corrected chi connectivity index (χ2v) is 6.27. The van der Waals surface area contributed by atoms with Crippen LogP contribution in [0.4, 0.5) is 8.78 Å². The lowest BCUT2D eigenvalue weighted by molar-refractivity contribution is -0.134. The van der Waals surface area contributed by atoms with Crippen LogP contribution in [-0.4, -0.2) is 38.7 Å². The van der Waals surface area contributed by atoms with Crippen molar-refractivity contribution in [3.8, 4) is 0 Å². The number of carbonyl (C=O) groups excluding carboxylic acids is 1. The van der Waals surface area contributed by atoms with Crippen molar-refractivity contribution in [1.82, 2.24) is 4.90 Å². The second-order valence-electron chi connectivity index (χ2n) is 5.80. The van der Waals surface area contributed by atoms with Crippen molar-refractivity contribution in [2.75, 3.05) is 0 Å². The Morgan fingerprint density at radius 1 is 1.50 bits per heavy atom. The van der Waals surface area contributed by atoms with E-state index in [9.17, 15) is 23.5 Å². The second kappa shape index (κ2) is 4.91. The minimum Gasteiger partial charge on any atom is -0.477 e. The average molecular weight is 330 g/mol. The van der Waals surface area contributed by atoms with E-state index < -0.39 is 40.4 Å². The molecule has 3 rings (SSSR count). The number of carbonyl (C=O) groups is 2. The summed E-state index contributed by atoms with van der Waals surface area (Å²) in [5.41, 5.74) is -0.883. The molecule has 0 amide bonds. The molecule has 0 spiro atoms. The van der Waals surface area contributed by atoms with Crippen molar-refractivity contribution in [3.05, 3.63) is 35.1 Å². The van der Waals surface area contributed by atoms with Crippen molar-refractivity contribution in [3.63, 3.8) is 0 Å². The summed E-state index contributed by atoms with van der Waals surface area (Å²) in [6.45, 7) is 1.93. The summed E-state index contributed by atoms with van der Waals surface area (Å²) in [5.74, 6) is -4.53. The van der Waals surface area contributed by atoms with Gasteiger partial charge in [0.05, 0.1) is 6.04 Å². The summed E-state index contributed by atoms with van der Waals surface area (Å²) in [7, 11) is 0. The molecular weight excluding hydrogens is 316 g/mol. The Kier molecular flexibility index (Phi) is 3.40. The van der Waals surface area contributed by atoms with E-state index in [2.05, 4.69) is 0 Å². The number of fused-ring (bicyclic) bond motifs is 1. The third-order valence-corrected chi connectivity index (χ3v) is 5.12. The molecule has 2 unspecified atom stereocenters. The quantitative estimate of drug-likeness (QED) is 0.639. The first-order chi connectivity index (χ1) is 10.3. The normalized spacial score (nSPS) is 29.8. The zero-order valence-corrected chi connectivity index (χ0v) is 12.5. The molecule has 1 aliphatic heterocycles. The van der Waals surface area contributed by atoms with Crippen LogP contribution in [0.1, 0.15) is 26.2 Å². The number of hydrogen-bond acceptors (Lipinski definition) is 3. The zero-order chi connectivity index (χ0) is 16.2. The van der Waals surface area contributed by atoms with Gasteiger partial charge in [0.2, 0.25) is 0 Å². The molecule has 0 aromatic heterocycles. The van der Waals surface area contributed by atoms with Gasteiger partial charge in [-0.1, -0.05) is 6.92 Å². The van der Waals surface area contributed by atoms with E-state index in [0.29, 0.717) is 6.42 Å². The van der Waals surface area contributed by atoms with Crippen LogP contribution < -0.4 is 0 Å². The highest BCUT2D eigenvalue weighted by atomic mass is 35.5. The van der Waals surface area contributed by atoms with Gasteiger partial charge in [0.1, 0.15) is 11.0 Å². The number of Topliss-reactive ketones (excluding diaryl/α,β-unsaturated/α-hetero) is 1. The van der Waals surface area contributed by atoms with E-state index in [-0.39, 0.29) is 11.1 Å². The van der Waals surface area contributed by atoms with Crippen LogP contribution >= 0.6 is 11.6 Å². The molecule has 2 atom stereocenters. The molecule has 0 aromatic carbocycles. The molecule has 0 radical (unpaired) electrons. The van der Waals surface area contributed by atoms with Gasteiger partial charge < -0.3 is 10.0 Å². The molecule has 2 aliphatic carbocycles. The Balaban J connectivity index is 2.16. The highest BCUT2D eigenvalue weighted by Gasteiger charge is 2.54. The highest BCUT2D eigenvalue weighted by molar-refractivity contribution is 6.28. The first kappa shape index (κ1) is 15.2. The summed E-state index contributed by atoms with van der Waals surface area (Å²) >= 11 is 6.03. The number of allylic oxidation sites excluding steroid dienone is 2. The van der Waals surface area contributed by atoms with Crippen LogP contribution in [0.25, 0.3) is 0 Å². The lowest BCUT2D eigenvalue weighted by Crippen LogP contribution is -2.52. The lowest BCUT2D eigenvalue weighted by atomic mass is 9.85. The molecule has 1 fully saturated rings. The van der Waals surface area contributed by atoms with Gasteiger partial charge in [-0.25, -0.2) is 13.6 Å². The van der Waals surface area contributed by atoms with Crippen LogP contribution in [0.15, 0.2) is 35.1 Å². The van der Waals surface area contributed by atoms with Crippen molar-refractivity contribution in [2.24, 2.45) is 0 Å². The van der Waals surface area contributed by atoms with E-state index in [0.717, 1.165) is 18.9 Å². The van der Waals surface area contributed by atoms with Crippen LogP contribution in [0.5, 0.6) is 0 Å². The number of ketones is 1. The van der Waals surface area contributed by atoms with Crippen LogP contribution in [0.3, 0.4) is 0 Å². The first-order valence-corrected chi connectivity index (χ1v) is 7.45. The van der Waals surface area contributed by atoms with Gasteiger partial charge in [-0.05, 0) is 25.3 Å². The molecule has 0 aromatic rings. The fraction of sp³-hybridized carbons (Fsp3) is 0.467. The van der Waals surface area contributed by atoms with Gasteiger partial charge in [0, 0.05) is 17.3 Å². The van der Waals surface area contributed by atoms with Crippen molar-refractivity contribution >= 4 is 23.4 Å². The molecule has 4 nitrogen and oxygen atoms in total. The Hall–Kier alpha value is -1.69. The van der Waals surface area contributed by atoms with Crippen molar-refractivity contribution in [1.29, 1.82) is 0 Å². The Morgan fingerprint density at radius 2 is 2.14 bits per heavy atom. The Morgan fingerprint density at radius 3 is 2.64 bits per heavy atom. The number of nitrogens with zero attached hydrogens (tertiary/aromatic N) is 1. The zero-order valence-electron chi connectivity index (χ0n) is 11.8. The van der Waals surface area contributed by atoms with Gasteiger partial charge in [0.25, 0.3) is 0 Å². The third-order valence-electron chi connectivity index (χ3n) is 4.69. The maximum atomic E-state index is 13.9. The number of rotatable bonds is 3. The average Bonchev–Trinajstić information content (AvgIpc) is 3.26. The highest BCUT2D eigenvalue weighted by Crippen LogP contribution is 2.51. The van der Waals surface area contributed by atoms with Crippen molar-refractivity contribution < 1.29 is 23.5 Å². The van der Waals surface area contributed by atoms with E-state index in [1.165, 1.54) is 6.20 Å². The number of aliphatic carboxylic acids is 1. The SMILES string of the molecule is CCC1(N2C=C(C(=O)O)C(=O)C3=CC(F)=C(F)C(Cl)C32)CC1. The number of halogens is 3. The minimum absolute atomic E-state index is 0.0986. The predicted molar refractivity (Wildman–Crippen MR) is 75.6 cm³/mol. The van der Waals surface area contributed by atoms with Gasteiger partial charge in [-0.15, -0.1) is 11.6 Å². The van der Waals surface area contributed by atoms with E-state index in [1.54, 1.807) is 4.90 Å². The molecule has 1 heterocycles. The lowest BCUT2D eigenvalue weighted by Gasteiger charge is -2.44. The van der Waals surface area contributed by atoms with Gasteiger partial charge >= 0.3 is 5.97 Å². The Labute approximate surface area is 130 Å². The smallest absolute Gasteiger partial charge is 0.341 e. The molecule has 1 saturated carbocycles. The number of hydrogen-bond donors (Lipinski definition) is 1. The summed E-state index contributed by atoms with van der Waals surface area (Å²) < 4.78 is 27.5. The fourth-order valence-corrected chi connectivity index (χ4v) is 3.53. The van der Waals surface area contributed by atoms with Crippen LogP contribution in [0, 0.1) is 0 Å². The Bertz CT molecular complexity index is 664. The summed E-state index contributed by atoms with van der Waals surface area (Å²) in [4.78, 5) is 25.2. The molecule has 0 bridgehead atoms. The van der Waals surface area contributed by atoms with Gasteiger partial charge in [-0.2, -0.15) is 0 Å². The summed E-state index contributed by atoms with van der Waals surface area (Å²) in [5, 5.41) is 7.86. The van der Waals surface area contributed by atoms with E-state index in [1.807, 2.05) is 6.92 Å². The standard InChI is InChI=1S/C15H14ClF2NO3/c1-2-15(3-4-15)19-6-8(14(21)22)13(20)7-5-9(17)11(18)10(16)12(7)19/h5-6,10,12H,2-4H2,1H3,(H,21,22). The fourth-order valence-electron chi connectivity index (χ4n) is 3.17. The first-order valence-electron chi connectivity index (χ1n) is 7.01.